The van der Waals surface area contributed by atoms with Crippen LogP contribution in [0, 0.1) is 10.1 Å². The van der Waals surface area contributed by atoms with E-state index in [1.807, 2.05) is 0 Å². The van der Waals surface area contributed by atoms with E-state index in [2.05, 4.69) is 10.0 Å². The van der Waals surface area contributed by atoms with Crippen LogP contribution in [0.2, 0.25) is 5.02 Å². The molecule has 1 aromatic rings. The molecule has 0 spiro atoms. The fraction of sp³-hybridized carbons (Fsp3) is 0.833. The molecule has 5 aliphatic rings. The maximum Gasteiger partial charge on any atom is 0.271 e. The van der Waals surface area contributed by atoms with Gasteiger partial charge in [0.15, 0.2) is 25.2 Å². The van der Waals surface area contributed by atoms with Crippen molar-refractivity contribution in [2.24, 2.45) is 5.11 Å². The number of aliphatic hydroxyl groups is 15. The van der Waals surface area contributed by atoms with E-state index in [0.717, 1.165) is 18.2 Å². The molecule has 0 amide bonds. The molecule has 5 aliphatic heterocycles. The van der Waals surface area contributed by atoms with Gasteiger partial charge in [-0.25, -0.2) is 0 Å². The number of nitro benzene ring substituents is 1. The van der Waals surface area contributed by atoms with Crippen molar-refractivity contribution in [3.8, 4) is 5.75 Å². The number of ether oxygens (including phenoxy) is 10. The standard InChI is InChI=1S/C36H53ClN4O27/c37-10-3-9(41(57)58)1-2-11(10)59-32-24(53)19(48)28(13(5-42)61-32)66-34-26(55)21(50)30(15(7-44)63-34)68-36-27(56)22(51)31(16(8-45)64-36)67-35-25(54)20(49)29(14(6-43)62-35)65-33-23(52)18(47)17(46)12(60-33)4-39-40-38/h1-3,12-36,42-56H,4-8H2/t12-,13-,14-,15-,16-,17-,18+,19-,20-,21-,22-,23-,24-,25-,26-,27-,28-,29-,30-,31-,32-,33+,34+,35+,36+/m1/s1. The van der Waals surface area contributed by atoms with Crippen LogP contribution in [-0.2, 0) is 42.6 Å². The maximum atomic E-state index is 11.2. The second-order valence-corrected chi connectivity index (χ2v) is 16.6. The molecule has 68 heavy (non-hydrogen) atoms. The topological polar surface area (TPSA) is 488 Å². The van der Waals surface area contributed by atoms with Crippen LogP contribution in [0.1, 0.15) is 0 Å². The number of aliphatic hydroxyl groups excluding tert-OH is 15. The van der Waals surface area contributed by atoms with Crippen LogP contribution >= 0.6 is 11.6 Å². The number of non-ortho nitro benzene ring substituents is 1. The maximum absolute atomic E-state index is 11.2. The molecule has 0 saturated carbocycles. The number of halogens is 1. The van der Waals surface area contributed by atoms with Crippen molar-refractivity contribution in [2.45, 2.75) is 154 Å². The van der Waals surface area contributed by atoms with Crippen molar-refractivity contribution >= 4 is 17.3 Å². The van der Waals surface area contributed by atoms with Gasteiger partial charge in [-0.3, -0.25) is 10.1 Å². The molecule has 15 N–H and O–H groups in total. The molecule has 0 bridgehead atoms. The van der Waals surface area contributed by atoms with Gasteiger partial charge in [-0.1, -0.05) is 16.7 Å². The van der Waals surface area contributed by atoms with E-state index in [1.165, 1.54) is 0 Å². The molecule has 25 atom stereocenters. The van der Waals surface area contributed by atoms with Crippen molar-refractivity contribution < 1.29 is 129 Å². The molecule has 5 saturated heterocycles. The first-order valence-electron chi connectivity index (χ1n) is 20.7. The summed E-state index contributed by atoms with van der Waals surface area (Å²) in [5, 5.41) is 174. The van der Waals surface area contributed by atoms with Crippen molar-refractivity contribution in [3.05, 3.63) is 43.8 Å². The van der Waals surface area contributed by atoms with Gasteiger partial charge < -0.3 is 124 Å². The summed E-state index contributed by atoms with van der Waals surface area (Å²) in [5.74, 6) is -0.211. The monoisotopic (exact) mass is 1010 g/mol. The van der Waals surface area contributed by atoms with Gasteiger partial charge in [0.2, 0.25) is 6.29 Å². The highest BCUT2D eigenvalue weighted by molar-refractivity contribution is 6.32. The zero-order chi connectivity index (χ0) is 49.9. The smallest absolute Gasteiger partial charge is 0.271 e. The number of hydrogen-bond acceptors (Lipinski definition) is 28. The van der Waals surface area contributed by atoms with Gasteiger partial charge in [-0.15, -0.1) is 0 Å². The lowest BCUT2D eigenvalue weighted by atomic mass is 9.95. The fourth-order valence-electron chi connectivity index (χ4n) is 8.06. The number of hydrogen-bond donors (Lipinski definition) is 15. The van der Waals surface area contributed by atoms with Crippen LogP contribution < -0.4 is 4.74 Å². The molecule has 0 unspecified atom stereocenters. The van der Waals surface area contributed by atoms with Gasteiger partial charge in [0.1, 0.15) is 122 Å². The Hall–Kier alpha value is -2.94. The summed E-state index contributed by atoms with van der Waals surface area (Å²) in [6.07, 6.45) is -47.0. The molecular weight excluding hydrogens is 956 g/mol. The van der Waals surface area contributed by atoms with Crippen LogP contribution in [0.5, 0.6) is 5.75 Å². The predicted molar refractivity (Wildman–Crippen MR) is 210 cm³/mol. The predicted octanol–water partition coefficient (Wildman–Crippen LogP) is -7.96. The molecule has 5 fully saturated rings. The van der Waals surface area contributed by atoms with Crippen LogP contribution in [0.15, 0.2) is 23.3 Å². The Morgan fingerprint density at radius 2 is 0.882 bits per heavy atom. The van der Waals surface area contributed by atoms with Crippen LogP contribution in [0.25, 0.3) is 10.4 Å². The van der Waals surface area contributed by atoms with Crippen LogP contribution in [0.3, 0.4) is 0 Å². The fourth-order valence-corrected chi connectivity index (χ4v) is 8.28. The van der Waals surface area contributed by atoms with E-state index >= 15 is 0 Å². The summed E-state index contributed by atoms with van der Waals surface area (Å²) in [6, 6.07) is 3.08. The van der Waals surface area contributed by atoms with Crippen molar-refractivity contribution in [1.82, 2.24) is 0 Å². The number of azide groups is 1. The average molecular weight is 1010 g/mol. The van der Waals surface area contributed by atoms with Gasteiger partial charge in [0, 0.05) is 17.0 Å². The lowest BCUT2D eigenvalue weighted by molar-refractivity contribution is -0.392. The van der Waals surface area contributed by atoms with E-state index < -0.39 is 191 Å². The Labute approximate surface area is 386 Å². The Morgan fingerprint density at radius 1 is 0.544 bits per heavy atom. The van der Waals surface area contributed by atoms with Gasteiger partial charge in [-0.2, -0.15) is 0 Å². The third-order valence-electron chi connectivity index (χ3n) is 11.8. The largest absolute Gasteiger partial charge is 0.460 e. The van der Waals surface area contributed by atoms with E-state index in [9.17, 15) is 86.7 Å². The van der Waals surface area contributed by atoms with Crippen molar-refractivity contribution in [1.29, 1.82) is 0 Å². The number of nitrogens with zero attached hydrogens (tertiary/aromatic N) is 4. The second-order valence-electron chi connectivity index (χ2n) is 16.1. The summed E-state index contributed by atoms with van der Waals surface area (Å²) < 4.78 is 55.8. The number of nitro groups is 1. The molecular formula is C36H53ClN4O27. The first kappa shape index (κ1) is 54.4. The summed E-state index contributed by atoms with van der Waals surface area (Å²) in [6.45, 7) is -4.42. The van der Waals surface area contributed by atoms with Gasteiger partial charge in [0.05, 0.1) is 49.0 Å². The van der Waals surface area contributed by atoms with Crippen molar-refractivity contribution in [2.75, 3.05) is 33.0 Å². The van der Waals surface area contributed by atoms with Crippen LogP contribution in [0.4, 0.5) is 5.69 Å². The lowest BCUT2D eigenvalue weighted by Gasteiger charge is -2.49. The second kappa shape index (κ2) is 23.5. The highest BCUT2D eigenvalue weighted by Gasteiger charge is 2.56. The molecule has 31 nitrogen and oxygen atoms in total. The first-order valence-corrected chi connectivity index (χ1v) is 21.1. The Balaban J connectivity index is 1.07. The molecule has 386 valence electrons. The minimum atomic E-state index is -2.17. The summed E-state index contributed by atoms with van der Waals surface area (Å²) >= 11 is 6.06. The third-order valence-corrected chi connectivity index (χ3v) is 12.1. The molecule has 1 aromatic carbocycles. The zero-order valence-corrected chi connectivity index (χ0v) is 35.7. The first-order chi connectivity index (χ1) is 32.3. The Morgan fingerprint density at radius 3 is 1.22 bits per heavy atom. The Kier molecular flexibility index (Phi) is 18.8. The molecule has 6 rings (SSSR count). The van der Waals surface area contributed by atoms with E-state index in [0.29, 0.717) is 0 Å². The molecule has 0 aromatic heterocycles. The Bertz CT molecular complexity index is 1860. The summed E-state index contributed by atoms with van der Waals surface area (Å²) in [4.78, 5) is 12.9. The number of rotatable bonds is 17. The quantitative estimate of drug-likeness (QED) is 0.0227. The third kappa shape index (κ3) is 11.4. The van der Waals surface area contributed by atoms with Gasteiger partial charge in [-0.05, 0) is 11.6 Å². The highest BCUT2D eigenvalue weighted by atomic mass is 35.5. The van der Waals surface area contributed by atoms with Gasteiger partial charge >= 0.3 is 0 Å². The molecule has 0 aliphatic carbocycles. The molecule has 5 heterocycles. The van der Waals surface area contributed by atoms with E-state index in [-0.39, 0.29) is 16.5 Å². The van der Waals surface area contributed by atoms with E-state index in [1.54, 1.807) is 0 Å². The zero-order valence-electron chi connectivity index (χ0n) is 35.0. The SMILES string of the molecule is [N-]=[N+]=NC[C@H]1O[C@@H](O[C@H]2[C@H](O)[C@@H](O)[C@H](O[C@H]3[C@H](O)[C@@H](O)[C@H](O[C@H]4[C@H](O)[C@@H](O)[C@H](O[C@H]5[C@H](O)[C@@H](O)[C@H](Oc6ccc([N+](=O)[O-])cc6Cl)O[C@@H]5CO)O[C@@H]4CO)O[C@@H]3CO)O[C@@H]2CO)[C@H](O)[C@@H](O)[C@@H]1O. The highest BCUT2D eigenvalue weighted by Crippen LogP contribution is 2.37. The van der Waals surface area contributed by atoms with Gasteiger partial charge in [0.25, 0.3) is 5.69 Å². The minimum absolute atomic E-state index is 0.211. The van der Waals surface area contributed by atoms with E-state index in [4.69, 9.17) is 64.5 Å². The molecule has 0 radical (unpaired) electrons. The average Bonchev–Trinajstić information content (AvgIpc) is 3.32. The number of benzene rings is 1. The molecule has 32 heteroatoms. The lowest BCUT2D eigenvalue weighted by Crippen LogP contribution is -2.68. The summed E-state index contributed by atoms with van der Waals surface area (Å²) in [7, 11) is 0. The normalized spacial score (nSPS) is 45.6. The van der Waals surface area contributed by atoms with Crippen LogP contribution in [-0.4, -0.2) is 268 Å². The minimum Gasteiger partial charge on any atom is -0.460 e. The van der Waals surface area contributed by atoms with Crippen molar-refractivity contribution in [3.63, 3.8) is 0 Å². The summed E-state index contributed by atoms with van der Waals surface area (Å²) in [5.41, 5.74) is 8.25.